The highest BCUT2D eigenvalue weighted by atomic mass is 31.2. The van der Waals surface area contributed by atoms with Crippen LogP contribution in [0.5, 0.6) is 0 Å². The van der Waals surface area contributed by atoms with Crippen LogP contribution in [-0.2, 0) is 6.18 Å². The van der Waals surface area contributed by atoms with Crippen LogP contribution in [-0.4, -0.2) is 6.30 Å². The molecule has 182 valence electrons. The molecule has 6 aromatic rings. The van der Waals surface area contributed by atoms with E-state index < -0.39 is 18.6 Å². The van der Waals surface area contributed by atoms with Gasteiger partial charge in [-0.2, -0.15) is 13.2 Å². The second kappa shape index (κ2) is 8.64. The van der Waals surface area contributed by atoms with Crippen molar-refractivity contribution in [2.24, 2.45) is 0 Å². The van der Waals surface area contributed by atoms with E-state index in [2.05, 4.69) is 42.5 Å². The molecule has 0 fully saturated rings. The minimum absolute atomic E-state index is 0.575. The average Bonchev–Trinajstić information content (AvgIpc) is 2.92. The molecule has 0 amide bonds. The number of benzene rings is 6. The second-order valence-corrected chi connectivity index (χ2v) is 12.7. The molecule has 0 aromatic heterocycles. The van der Waals surface area contributed by atoms with Crippen LogP contribution in [0.3, 0.4) is 0 Å². The molecule has 0 N–H and O–H groups in total. The molecule has 1 atom stereocenters. The highest BCUT2D eigenvalue weighted by Crippen LogP contribution is 2.45. The zero-order chi connectivity index (χ0) is 25.8. The van der Waals surface area contributed by atoms with Crippen molar-refractivity contribution in [3.05, 3.63) is 126 Å². The Morgan fingerprint density at radius 1 is 0.514 bits per heavy atom. The maximum Gasteiger partial charge on any atom is 0.416 e. The van der Waals surface area contributed by atoms with Gasteiger partial charge in [-0.3, -0.25) is 0 Å². The number of hydrogen-bond donors (Lipinski definition) is 0. The molecule has 0 aliphatic carbocycles. The van der Waals surface area contributed by atoms with Gasteiger partial charge in [0.25, 0.3) is 0 Å². The highest BCUT2D eigenvalue weighted by Gasteiger charge is 2.33. The largest absolute Gasteiger partial charge is 0.416 e. The van der Waals surface area contributed by atoms with Gasteiger partial charge in [0.15, 0.2) is 0 Å². The molecule has 6 rings (SSSR count). The van der Waals surface area contributed by atoms with Crippen molar-refractivity contribution >= 4 is 61.4 Å². The summed E-state index contributed by atoms with van der Waals surface area (Å²) in [6, 6.07) is 37.1. The van der Waals surface area contributed by atoms with E-state index >= 15 is 0 Å². The first-order valence-corrected chi connectivity index (χ1v) is 14.1. The van der Waals surface area contributed by atoms with Crippen molar-refractivity contribution in [2.75, 3.05) is 0 Å². The summed E-state index contributed by atoms with van der Waals surface area (Å²) in [4.78, 5) is 0. The molecule has 0 aliphatic heterocycles. The maximum absolute atomic E-state index is 13.9. The van der Waals surface area contributed by atoms with E-state index in [9.17, 15) is 13.2 Å². The first kappa shape index (κ1) is 23.6. The Morgan fingerprint density at radius 3 is 1.59 bits per heavy atom. The quantitative estimate of drug-likeness (QED) is 0.167. The Kier molecular flexibility index (Phi) is 5.51. The monoisotopic (exact) mass is 508 g/mol. The lowest BCUT2D eigenvalue weighted by molar-refractivity contribution is -0.137. The molecule has 37 heavy (non-hydrogen) atoms. The fourth-order valence-corrected chi connectivity index (χ4v) is 8.45. The summed E-state index contributed by atoms with van der Waals surface area (Å²) >= 11 is 0. The van der Waals surface area contributed by atoms with Crippen LogP contribution in [0.25, 0.3) is 32.3 Å². The van der Waals surface area contributed by atoms with Gasteiger partial charge in [-0.15, -0.1) is 0 Å². The molecule has 1 unspecified atom stereocenters. The molecule has 4 heteroatoms. The molecule has 0 nitrogen and oxygen atoms in total. The van der Waals surface area contributed by atoms with Gasteiger partial charge in [-0.1, -0.05) is 103 Å². The van der Waals surface area contributed by atoms with E-state index in [1.54, 1.807) is 6.92 Å². The van der Waals surface area contributed by atoms with Gasteiger partial charge in [-0.25, -0.2) is 0 Å². The lowest BCUT2D eigenvalue weighted by Gasteiger charge is -2.28. The van der Waals surface area contributed by atoms with Crippen molar-refractivity contribution in [1.29, 1.82) is 0 Å². The van der Waals surface area contributed by atoms with E-state index in [4.69, 9.17) is 6.30 Å². The molecular formula is C33H24F3P. The third-order valence-corrected chi connectivity index (χ3v) is 10.7. The number of aryl methyl sites for hydroxylation is 1. The maximum atomic E-state index is 13.9. The van der Waals surface area contributed by atoms with Crippen molar-refractivity contribution < 1.29 is 13.2 Å². The van der Waals surface area contributed by atoms with Crippen molar-refractivity contribution in [2.45, 2.75) is 13.1 Å². The predicted molar refractivity (Wildman–Crippen MR) is 155 cm³/mol. The lowest BCUT2D eigenvalue weighted by atomic mass is 9.94. The van der Waals surface area contributed by atoms with Crippen LogP contribution < -0.4 is 15.9 Å². The molecule has 0 spiro atoms. The Hall–Kier alpha value is -3.81. The van der Waals surface area contributed by atoms with Crippen LogP contribution in [0.1, 0.15) is 11.1 Å². The molecule has 0 saturated heterocycles. The summed E-state index contributed by atoms with van der Waals surface area (Å²) in [6.07, 6.45) is 0.308. The number of rotatable bonds is 3. The first-order valence-electron chi connectivity index (χ1n) is 12.1. The summed E-state index contributed by atoms with van der Waals surface area (Å²) < 4.78 is 41.6. The third-order valence-electron chi connectivity index (χ3n) is 7.20. The van der Waals surface area contributed by atoms with Crippen LogP contribution in [0.15, 0.2) is 115 Å². The fraction of sp³-hybridized carbons (Fsp3) is 0.0606. The zero-order valence-corrected chi connectivity index (χ0v) is 21.2. The van der Waals surface area contributed by atoms with Gasteiger partial charge in [0.2, 0.25) is 0 Å². The number of alkyl halides is 3. The summed E-state index contributed by atoms with van der Waals surface area (Å²) in [6.45, 7) is -0.926. The van der Waals surface area contributed by atoms with Crippen molar-refractivity contribution in [3.63, 3.8) is 0 Å². The first-order chi connectivity index (χ1) is 17.8. The smallest absolute Gasteiger partial charge is 0.166 e. The van der Waals surface area contributed by atoms with E-state index in [0.717, 1.165) is 37.5 Å². The Morgan fingerprint density at radius 2 is 1.03 bits per heavy atom. The van der Waals surface area contributed by atoms with Crippen molar-refractivity contribution in [1.82, 2.24) is 0 Å². The minimum Gasteiger partial charge on any atom is -0.166 e. The fourth-order valence-electron chi connectivity index (χ4n) is 5.41. The third kappa shape index (κ3) is 3.86. The molecule has 0 saturated carbocycles. The molecule has 0 bridgehead atoms. The SMILES string of the molecule is C=P(c1ccccc1)(c1cc(C)cc(C(F)(F)F)c1)c1ccc2c3ccccc3c3ccccc3c2c1. The van der Waals surface area contributed by atoms with E-state index in [1.807, 2.05) is 60.7 Å². The average molecular weight is 509 g/mol. The standard InChI is InChI=1S/C33H24F3P/c1-22-18-23(33(34,35)36)20-26(19-22)37(2,24-10-4-3-5-11-24)25-16-17-31-29-14-7-6-12-27(29)28-13-8-9-15-30(28)32(31)21-25/h3-21H,2H2,1H3. The van der Waals surface area contributed by atoms with Gasteiger partial charge in [0, 0.05) is 0 Å². The molecule has 0 radical (unpaired) electrons. The van der Waals surface area contributed by atoms with Gasteiger partial charge >= 0.3 is 6.18 Å². The van der Waals surface area contributed by atoms with Gasteiger partial charge in [-0.05, 0) is 85.8 Å². The zero-order valence-electron chi connectivity index (χ0n) is 20.3. The number of hydrogen-bond acceptors (Lipinski definition) is 0. The Balaban J connectivity index is 1.71. The van der Waals surface area contributed by atoms with Crippen LogP contribution in [0.2, 0.25) is 0 Å². The summed E-state index contributed by atoms with van der Waals surface area (Å²) in [5.41, 5.74) is -0.0605. The van der Waals surface area contributed by atoms with E-state index in [-0.39, 0.29) is 0 Å². The number of fused-ring (bicyclic) bond motifs is 6. The van der Waals surface area contributed by atoms with E-state index in [0.29, 0.717) is 10.9 Å². The van der Waals surface area contributed by atoms with Crippen LogP contribution >= 0.6 is 6.89 Å². The molecule has 0 heterocycles. The second-order valence-electron chi connectivity index (χ2n) is 9.52. The van der Waals surface area contributed by atoms with Crippen molar-refractivity contribution in [3.8, 4) is 0 Å². The summed E-state index contributed by atoms with van der Waals surface area (Å²) in [5.74, 6) is 0. The van der Waals surface area contributed by atoms with Crippen LogP contribution in [0, 0.1) is 6.92 Å². The van der Waals surface area contributed by atoms with Gasteiger partial charge in [0.1, 0.15) is 0 Å². The molecule has 6 aromatic carbocycles. The predicted octanol–water partition coefficient (Wildman–Crippen LogP) is 8.20. The minimum atomic E-state index is -4.43. The molecular weight excluding hydrogens is 484 g/mol. The van der Waals surface area contributed by atoms with Crippen LogP contribution in [0.4, 0.5) is 13.2 Å². The summed E-state index contributed by atoms with van der Waals surface area (Å²) in [7, 11) is 0. The Bertz CT molecular complexity index is 1810. The lowest BCUT2D eigenvalue weighted by Crippen LogP contribution is -2.26. The summed E-state index contributed by atoms with van der Waals surface area (Å²) in [5, 5.41) is 9.34. The Labute approximate surface area is 214 Å². The number of halogens is 3. The highest BCUT2D eigenvalue weighted by molar-refractivity contribution is 7.93. The van der Waals surface area contributed by atoms with Gasteiger partial charge in [0.05, 0.1) is 5.56 Å². The molecule has 0 aliphatic rings. The topological polar surface area (TPSA) is 0 Å². The normalized spacial score (nSPS) is 13.7. The van der Waals surface area contributed by atoms with E-state index in [1.165, 1.54) is 17.5 Å². The van der Waals surface area contributed by atoms with Gasteiger partial charge < -0.3 is 0 Å².